The summed E-state index contributed by atoms with van der Waals surface area (Å²) < 4.78 is 43.2. The van der Waals surface area contributed by atoms with Crippen molar-refractivity contribution in [3.63, 3.8) is 0 Å². The number of rotatable bonds is 9. The predicted octanol–water partition coefficient (Wildman–Crippen LogP) is 1.33. The number of nitrogens with one attached hydrogen (secondary N) is 1. The Morgan fingerprint density at radius 3 is 2.60 bits per heavy atom. The molecular formula is C19H26F3N5O3. The fraction of sp³-hybridized carbons (Fsp3) is 0.684. The van der Waals surface area contributed by atoms with Gasteiger partial charge >= 0.3 is 6.18 Å². The number of hydrogen-bond acceptors (Lipinski definition) is 7. The molecule has 3 rings (SSSR count). The number of ether oxygens (including phenoxy) is 1. The molecule has 3 heterocycles. The molecule has 1 aromatic rings. The van der Waals surface area contributed by atoms with Crippen LogP contribution in [0, 0.1) is 5.92 Å². The Hall–Kier alpha value is -2.43. The second kappa shape index (κ2) is 9.59. The number of likely N-dealkylation sites (tertiary alicyclic amines) is 1. The van der Waals surface area contributed by atoms with Crippen LogP contribution >= 0.6 is 0 Å². The van der Waals surface area contributed by atoms with Crippen LogP contribution in [-0.2, 0) is 14.3 Å². The summed E-state index contributed by atoms with van der Waals surface area (Å²) in [5.74, 6) is -0.662. The van der Waals surface area contributed by atoms with E-state index in [4.69, 9.17) is 4.74 Å². The Morgan fingerprint density at radius 2 is 2.03 bits per heavy atom. The quantitative estimate of drug-likeness (QED) is 0.593. The highest BCUT2D eigenvalue weighted by Crippen LogP contribution is 2.35. The molecule has 1 amide bonds. The Balaban J connectivity index is 1.43. The fourth-order valence-corrected chi connectivity index (χ4v) is 3.74. The molecule has 2 atom stereocenters. The molecule has 2 unspecified atom stereocenters. The molecule has 1 N–H and O–H groups in total. The molecule has 11 heteroatoms. The minimum atomic E-state index is -4.17. The lowest BCUT2D eigenvalue weighted by Crippen LogP contribution is -2.49. The van der Waals surface area contributed by atoms with E-state index in [0.29, 0.717) is 50.5 Å². The van der Waals surface area contributed by atoms with Gasteiger partial charge in [-0.2, -0.15) is 13.2 Å². The Morgan fingerprint density at radius 1 is 1.33 bits per heavy atom. The van der Waals surface area contributed by atoms with E-state index in [1.54, 1.807) is 29.2 Å². The van der Waals surface area contributed by atoms with Crippen LogP contribution in [0.15, 0.2) is 12.4 Å². The zero-order valence-corrected chi connectivity index (χ0v) is 16.8. The van der Waals surface area contributed by atoms with Crippen molar-refractivity contribution in [3.8, 4) is 0 Å². The van der Waals surface area contributed by atoms with Crippen LogP contribution in [0.5, 0.6) is 0 Å². The summed E-state index contributed by atoms with van der Waals surface area (Å²) in [6.07, 6.45) is -0.0566. The number of aromatic nitrogens is 2. The molecule has 166 valence electrons. The van der Waals surface area contributed by atoms with Gasteiger partial charge in [0.1, 0.15) is 12.4 Å². The summed E-state index contributed by atoms with van der Waals surface area (Å²) in [6, 6.07) is -0.0744. The Labute approximate surface area is 172 Å². The first kappa shape index (κ1) is 22.3. The zero-order chi connectivity index (χ0) is 21.7. The summed E-state index contributed by atoms with van der Waals surface area (Å²) in [5, 5.41) is 3.00. The summed E-state index contributed by atoms with van der Waals surface area (Å²) in [5.41, 5.74) is 0.591. The van der Waals surface area contributed by atoms with Crippen LogP contribution in [0.25, 0.3) is 0 Å². The lowest BCUT2D eigenvalue weighted by molar-refractivity contribution is -0.168. The number of carbonyl (C=O) groups excluding carboxylic acids is 2. The molecule has 0 aromatic carbocycles. The molecule has 0 bridgehead atoms. The number of hydrogen-bond donors (Lipinski definition) is 1. The van der Waals surface area contributed by atoms with E-state index in [2.05, 4.69) is 15.3 Å². The third-order valence-corrected chi connectivity index (χ3v) is 5.75. The smallest absolute Gasteiger partial charge is 0.393 e. The van der Waals surface area contributed by atoms with Gasteiger partial charge in [0.2, 0.25) is 5.91 Å². The first-order valence-corrected chi connectivity index (χ1v) is 9.95. The Kier molecular flexibility index (Phi) is 7.11. The number of likely N-dealkylation sites (N-methyl/N-ethyl adjacent to an activating group) is 1. The molecule has 2 aliphatic heterocycles. The molecule has 8 nitrogen and oxygen atoms in total. The maximum absolute atomic E-state index is 12.8. The van der Waals surface area contributed by atoms with Gasteiger partial charge in [0.25, 0.3) is 6.47 Å². The largest absolute Gasteiger partial charge is 0.466 e. The van der Waals surface area contributed by atoms with Crippen molar-refractivity contribution in [2.75, 3.05) is 44.7 Å². The van der Waals surface area contributed by atoms with Gasteiger partial charge < -0.3 is 19.9 Å². The summed E-state index contributed by atoms with van der Waals surface area (Å²) in [7, 11) is 1.75. The van der Waals surface area contributed by atoms with Gasteiger partial charge in [-0.15, -0.1) is 0 Å². The van der Waals surface area contributed by atoms with Crippen LogP contribution in [0.3, 0.4) is 0 Å². The monoisotopic (exact) mass is 429 g/mol. The van der Waals surface area contributed by atoms with Crippen LogP contribution < -0.4 is 10.2 Å². The highest BCUT2D eigenvalue weighted by Gasteiger charge is 2.43. The fourth-order valence-electron chi connectivity index (χ4n) is 3.74. The predicted molar refractivity (Wildman–Crippen MR) is 102 cm³/mol. The number of amides is 1. The van der Waals surface area contributed by atoms with E-state index in [1.165, 1.54) is 0 Å². The maximum atomic E-state index is 12.8. The lowest BCUT2D eigenvalue weighted by Gasteiger charge is -2.38. The zero-order valence-electron chi connectivity index (χ0n) is 16.8. The van der Waals surface area contributed by atoms with Crippen LogP contribution in [-0.4, -0.2) is 79.3 Å². The SMILES string of the molecule is CNC(CCC(=O)N1CC(c2ncc(N3CCC(C(F)(F)F)C3)cn2)C1)COC=O. The van der Waals surface area contributed by atoms with Gasteiger partial charge in [0.05, 0.1) is 29.9 Å². The molecule has 0 radical (unpaired) electrons. The first-order chi connectivity index (χ1) is 14.3. The molecular weight excluding hydrogens is 403 g/mol. The second-order valence-electron chi connectivity index (χ2n) is 7.72. The van der Waals surface area contributed by atoms with Crippen molar-refractivity contribution in [1.82, 2.24) is 20.2 Å². The molecule has 2 saturated heterocycles. The number of nitrogens with zero attached hydrogens (tertiary/aromatic N) is 4. The second-order valence-corrected chi connectivity index (χ2v) is 7.72. The van der Waals surface area contributed by atoms with Crippen molar-refractivity contribution in [1.29, 1.82) is 0 Å². The minimum absolute atomic E-state index is 0.0180. The van der Waals surface area contributed by atoms with E-state index >= 15 is 0 Å². The molecule has 0 spiro atoms. The van der Waals surface area contributed by atoms with Gasteiger partial charge in [0, 0.05) is 38.6 Å². The van der Waals surface area contributed by atoms with Crippen molar-refractivity contribution in [3.05, 3.63) is 18.2 Å². The normalized spacial score (nSPS) is 20.7. The van der Waals surface area contributed by atoms with E-state index in [0.717, 1.165) is 0 Å². The maximum Gasteiger partial charge on any atom is 0.393 e. The van der Waals surface area contributed by atoms with Crippen LogP contribution in [0.1, 0.15) is 31.0 Å². The highest BCUT2D eigenvalue weighted by molar-refractivity contribution is 5.77. The summed E-state index contributed by atoms with van der Waals surface area (Å²) in [4.78, 5) is 34.6. The van der Waals surface area contributed by atoms with Crippen molar-refractivity contribution < 1.29 is 27.5 Å². The molecule has 2 fully saturated rings. The highest BCUT2D eigenvalue weighted by atomic mass is 19.4. The van der Waals surface area contributed by atoms with Crippen molar-refractivity contribution >= 4 is 18.1 Å². The molecule has 2 aliphatic rings. The van der Waals surface area contributed by atoms with Crippen LogP contribution in [0.4, 0.5) is 18.9 Å². The minimum Gasteiger partial charge on any atom is -0.466 e. The van der Waals surface area contributed by atoms with Crippen molar-refractivity contribution in [2.45, 2.75) is 37.4 Å². The Bertz CT molecular complexity index is 725. The van der Waals surface area contributed by atoms with E-state index < -0.39 is 12.1 Å². The lowest BCUT2D eigenvalue weighted by atomic mass is 9.98. The third kappa shape index (κ3) is 5.38. The molecule has 0 aliphatic carbocycles. The van der Waals surface area contributed by atoms with Crippen LogP contribution in [0.2, 0.25) is 0 Å². The first-order valence-electron chi connectivity index (χ1n) is 9.95. The van der Waals surface area contributed by atoms with Gasteiger partial charge in [0.15, 0.2) is 0 Å². The molecule has 0 saturated carbocycles. The molecule has 30 heavy (non-hydrogen) atoms. The van der Waals surface area contributed by atoms with Gasteiger partial charge in [-0.25, -0.2) is 9.97 Å². The number of halogens is 3. The number of carbonyl (C=O) groups is 2. The average molecular weight is 429 g/mol. The summed E-state index contributed by atoms with van der Waals surface area (Å²) >= 11 is 0. The van der Waals surface area contributed by atoms with Gasteiger partial charge in [-0.05, 0) is 19.9 Å². The number of alkyl halides is 3. The van der Waals surface area contributed by atoms with Gasteiger partial charge in [-0.3, -0.25) is 9.59 Å². The molecule has 1 aromatic heterocycles. The topological polar surface area (TPSA) is 87.7 Å². The van der Waals surface area contributed by atoms with E-state index in [1.807, 2.05) is 0 Å². The average Bonchev–Trinajstić information content (AvgIpc) is 3.18. The van der Waals surface area contributed by atoms with Gasteiger partial charge in [-0.1, -0.05) is 0 Å². The summed E-state index contributed by atoms with van der Waals surface area (Å²) in [6.45, 7) is 1.92. The van der Waals surface area contributed by atoms with Crippen molar-refractivity contribution in [2.24, 2.45) is 5.92 Å². The van der Waals surface area contributed by atoms with E-state index in [9.17, 15) is 22.8 Å². The van der Waals surface area contributed by atoms with E-state index in [-0.39, 0.29) is 37.4 Å². The number of anilines is 1. The third-order valence-electron chi connectivity index (χ3n) is 5.75. The standard InChI is InChI=1S/C19H26F3N5O3/c1-23-15(11-30-12-28)2-3-17(29)27-8-13(9-27)18-24-6-16(7-25-18)26-5-4-14(10-26)19(20,21)22/h6-7,12-15,23H,2-5,8-11H2,1H3.